The molecule has 2 rings (SSSR count). The number of aromatic carboxylic acids is 1. The van der Waals surface area contributed by atoms with Gasteiger partial charge in [0, 0.05) is 5.54 Å². The van der Waals surface area contributed by atoms with E-state index in [1.807, 2.05) is 20.8 Å². The summed E-state index contributed by atoms with van der Waals surface area (Å²) >= 11 is 0. The molecule has 0 fully saturated rings. The molecule has 21 heavy (non-hydrogen) atoms. The van der Waals surface area contributed by atoms with Gasteiger partial charge >= 0.3 is 5.97 Å². The van der Waals surface area contributed by atoms with Gasteiger partial charge in [-0.3, -0.25) is 4.79 Å². The van der Waals surface area contributed by atoms with Crippen LogP contribution in [0.4, 0.5) is 0 Å². The Balaban J connectivity index is 2.34. The summed E-state index contributed by atoms with van der Waals surface area (Å²) in [7, 11) is 0. The zero-order valence-electron chi connectivity index (χ0n) is 12.5. The summed E-state index contributed by atoms with van der Waals surface area (Å²) in [5.74, 6) is -1.10. The molecule has 1 aromatic carbocycles. The molecule has 0 aliphatic rings. The second kappa shape index (κ2) is 5.20. The summed E-state index contributed by atoms with van der Waals surface area (Å²) < 4.78 is 1.74. The van der Waals surface area contributed by atoms with Crippen molar-refractivity contribution < 1.29 is 14.7 Å². The van der Waals surface area contributed by atoms with Crippen molar-refractivity contribution in [3.8, 4) is 0 Å². The summed E-state index contributed by atoms with van der Waals surface area (Å²) in [5.41, 5.74) is 1.17. The van der Waals surface area contributed by atoms with E-state index in [4.69, 9.17) is 5.11 Å². The topological polar surface area (TPSA) is 84.2 Å². The Morgan fingerprint density at radius 1 is 1.33 bits per heavy atom. The van der Waals surface area contributed by atoms with Gasteiger partial charge in [0.25, 0.3) is 0 Å². The van der Waals surface area contributed by atoms with Crippen molar-refractivity contribution in [3.05, 3.63) is 30.1 Å². The number of amides is 1. The number of carboxylic acids is 1. The average Bonchev–Trinajstić information content (AvgIpc) is 2.78. The van der Waals surface area contributed by atoms with E-state index < -0.39 is 12.0 Å². The average molecular weight is 289 g/mol. The quantitative estimate of drug-likeness (QED) is 0.907. The van der Waals surface area contributed by atoms with Crippen molar-refractivity contribution in [2.45, 2.75) is 39.3 Å². The molecule has 0 radical (unpaired) electrons. The van der Waals surface area contributed by atoms with Gasteiger partial charge < -0.3 is 15.0 Å². The van der Waals surface area contributed by atoms with Crippen LogP contribution in [0.3, 0.4) is 0 Å². The van der Waals surface area contributed by atoms with E-state index in [9.17, 15) is 9.59 Å². The molecule has 1 unspecified atom stereocenters. The molecule has 1 amide bonds. The van der Waals surface area contributed by atoms with E-state index in [-0.39, 0.29) is 17.0 Å². The first kappa shape index (κ1) is 15.0. The first-order valence-corrected chi connectivity index (χ1v) is 6.71. The Labute approximate surface area is 122 Å². The largest absolute Gasteiger partial charge is 0.478 e. The number of carboxylic acid groups (broad SMARTS) is 1. The van der Waals surface area contributed by atoms with Crippen LogP contribution in [0, 0.1) is 0 Å². The van der Waals surface area contributed by atoms with Gasteiger partial charge in [-0.05, 0) is 45.9 Å². The van der Waals surface area contributed by atoms with Crippen molar-refractivity contribution in [1.82, 2.24) is 14.9 Å². The lowest BCUT2D eigenvalue weighted by Crippen LogP contribution is -2.43. The summed E-state index contributed by atoms with van der Waals surface area (Å²) in [6.45, 7) is 7.54. The Bertz CT molecular complexity index is 698. The van der Waals surface area contributed by atoms with Gasteiger partial charge in [-0.1, -0.05) is 0 Å². The van der Waals surface area contributed by atoms with Crippen molar-refractivity contribution in [3.63, 3.8) is 0 Å². The monoisotopic (exact) mass is 289 g/mol. The van der Waals surface area contributed by atoms with Gasteiger partial charge in [0.1, 0.15) is 6.04 Å². The lowest BCUT2D eigenvalue weighted by molar-refractivity contribution is -0.125. The Morgan fingerprint density at radius 2 is 2.00 bits per heavy atom. The van der Waals surface area contributed by atoms with Gasteiger partial charge in [-0.2, -0.15) is 0 Å². The number of carbonyl (C=O) groups is 2. The van der Waals surface area contributed by atoms with Crippen molar-refractivity contribution >= 4 is 22.9 Å². The molecule has 0 saturated carbocycles. The number of aromatic nitrogens is 2. The fourth-order valence-electron chi connectivity index (χ4n) is 2.07. The third kappa shape index (κ3) is 3.21. The van der Waals surface area contributed by atoms with Gasteiger partial charge in [0.2, 0.25) is 5.91 Å². The number of carbonyl (C=O) groups excluding carboxylic acids is 1. The highest BCUT2D eigenvalue weighted by Crippen LogP contribution is 2.20. The highest BCUT2D eigenvalue weighted by Gasteiger charge is 2.22. The molecular weight excluding hydrogens is 270 g/mol. The van der Waals surface area contributed by atoms with Gasteiger partial charge in [-0.25, -0.2) is 9.78 Å². The van der Waals surface area contributed by atoms with E-state index in [1.54, 1.807) is 23.9 Å². The van der Waals surface area contributed by atoms with Crippen LogP contribution in [-0.2, 0) is 4.79 Å². The minimum Gasteiger partial charge on any atom is -0.478 e. The number of benzene rings is 1. The van der Waals surface area contributed by atoms with Crippen LogP contribution in [-0.4, -0.2) is 32.1 Å². The molecule has 112 valence electrons. The molecule has 0 aliphatic carbocycles. The second-order valence-electron chi connectivity index (χ2n) is 6.08. The Kier molecular flexibility index (Phi) is 3.72. The number of rotatable bonds is 3. The maximum atomic E-state index is 12.2. The maximum absolute atomic E-state index is 12.2. The molecule has 1 atom stereocenters. The Morgan fingerprint density at radius 3 is 2.57 bits per heavy atom. The van der Waals surface area contributed by atoms with Crippen LogP contribution in [0.15, 0.2) is 24.5 Å². The summed E-state index contributed by atoms with van der Waals surface area (Å²) in [5, 5.41) is 11.9. The molecule has 0 spiro atoms. The minimum absolute atomic E-state index is 0.107. The summed E-state index contributed by atoms with van der Waals surface area (Å²) in [4.78, 5) is 27.4. The van der Waals surface area contributed by atoms with E-state index >= 15 is 0 Å². The highest BCUT2D eigenvalue weighted by molar-refractivity contribution is 5.93. The fraction of sp³-hybridized carbons (Fsp3) is 0.400. The maximum Gasteiger partial charge on any atom is 0.335 e. The Hall–Kier alpha value is -2.37. The zero-order chi connectivity index (χ0) is 15.8. The molecule has 0 aliphatic heterocycles. The number of imidazole rings is 1. The molecule has 6 nitrogen and oxygen atoms in total. The standard InChI is InChI=1S/C15H19N3O3/c1-9(13(19)17-15(2,3)4)18-8-16-11-7-10(14(20)21)5-6-12(11)18/h5-9H,1-4H3,(H,17,19)(H,20,21). The third-order valence-electron chi connectivity index (χ3n) is 3.12. The number of fused-ring (bicyclic) bond motifs is 1. The normalized spacial score (nSPS) is 13.1. The molecular formula is C15H19N3O3. The van der Waals surface area contributed by atoms with Crippen LogP contribution in [0.2, 0.25) is 0 Å². The first-order chi connectivity index (χ1) is 9.69. The molecule has 2 aromatic rings. The number of nitrogens with zero attached hydrogens (tertiary/aromatic N) is 2. The van der Waals surface area contributed by atoms with Gasteiger partial charge in [-0.15, -0.1) is 0 Å². The van der Waals surface area contributed by atoms with E-state index in [0.717, 1.165) is 5.52 Å². The number of hydrogen-bond acceptors (Lipinski definition) is 3. The van der Waals surface area contributed by atoms with Crippen LogP contribution in [0.25, 0.3) is 11.0 Å². The number of hydrogen-bond donors (Lipinski definition) is 2. The molecule has 2 N–H and O–H groups in total. The highest BCUT2D eigenvalue weighted by atomic mass is 16.4. The van der Waals surface area contributed by atoms with Crippen LogP contribution >= 0.6 is 0 Å². The predicted molar refractivity (Wildman–Crippen MR) is 79.3 cm³/mol. The smallest absolute Gasteiger partial charge is 0.335 e. The van der Waals surface area contributed by atoms with Crippen LogP contribution in [0.1, 0.15) is 44.1 Å². The van der Waals surface area contributed by atoms with E-state index in [2.05, 4.69) is 10.3 Å². The molecule has 6 heteroatoms. The molecule has 0 bridgehead atoms. The number of nitrogens with one attached hydrogen (secondary N) is 1. The van der Waals surface area contributed by atoms with Crippen molar-refractivity contribution in [2.75, 3.05) is 0 Å². The molecule has 0 saturated heterocycles. The summed E-state index contributed by atoms with van der Waals surface area (Å²) in [6, 6.07) is 4.26. The lowest BCUT2D eigenvalue weighted by atomic mass is 10.1. The predicted octanol–water partition coefficient (Wildman–Crippen LogP) is 2.21. The first-order valence-electron chi connectivity index (χ1n) is 6.71. The van der Waals surface area contributed by atoms with Crippen LogP contribution < -0.4 is 5.32 Å². The molecule has 1 heterocycles. The lowest BCUT2D eigenvalue weighted by Gasteiger charge is -2.24. The third-order valence-corrected chi connectivity index (χ3v) is 3.12. The van der Waals surface area contributed by atoms with E-state index in [1.165, 1.54) is 12.1 Å². The van der Waals surface area contributed by atoms with Crippen molar-refractivity contribution in [2.24, 2.45) is 0 Å². The van der Waals surface area contributed by atoms with Gasteiger partial charge in [0.15, 0.2) is 0 Å². The van der Waals surface area contributed by atoms with Crippen LogP contribution in [0.5, 0.6) is 0 Å². The second-order valence-corrected chi connectivity index (χ2v) is 6.08. The fourth-order valence-corrected chi connectivity index (χ4v) is 2.07. The minimum atomic E-state index is -0.995. The molecule has 1 aromatic heterocycles. The summed E-state index contributed by atoms with van der Waals surface area (Å²) in [6.07, 6.45) is 1.56. The SMILES string of the molecule is CC(C(=O)NC(C)(C)C)n1cnc2cc(C(=O)O)ccc21. The van der Waals surface area contributed by atoms with Crippen molar-refractivity contribution in [1.29, 1.82) is 0 Å². The van der Waals surface area contributed by atoms with E-state index in [0.29, 0.717) is 5.52 Å². The van der Waals surface area contributed by atoms with Gasteiger partial charge in [0.05, 0.1) is 22.9 Å². The zero-order valence-corrected chi connectivity index (χ0v) is 12.5.